The summed E-state index contributed by atoms with van der Waals surface area (Å²) < 4.78 is 11.8. The second kappa shape index (κ2) is 7.18. The van der Waals surface area contributed by atoms with Crippen molar-refractivity contribution in [1.29, 1.82) is 0 Å². The van der Waals surface area contributed by atoms with Crippen molar-refractivity contribution < 1.29 is 14.3 Å². The molecule has 0 unspecified atom stereocenters. The van der Waals surface area contributed by atoms with Crippen molar-refractivity contribution in [3.8, 4) is 0 Å². The molecule has 3 rings (SSSR count). The van der Waals surface area contributed by atoms with Gasteiger partial charge in [0.1, 0.15) is 24.3 Å². The van der Waals surface area contributed by atoms with Gasteiger partial charge in [0.05, 0.1) is 12.3 Å². The van der Waals surface area contributed by atoms with E-state index in [-0.39, 0.29) is 6.61 Å². The van der Waals surface area contributed by atoms with Gasteiger partial charge in [-0.1, -0.05) is 37.3 Å². The Kier molecular flexibility index (Phi) is 4.81. The van der Waals surface area contributed by atoms with Crippen LogP contribution in [0, 0.1) is 0 Å². The van der Waals surface area contributed by atoms with Crippen LogP contribution < -0.4 is 0 Å². The molecule has 0 N–H and O–H groups in total. The van der Waals surface area contributed by atoms with E-state index in [2.05, 4.69) is 15.0 Å². The lowest BCUT2D eigenvalue weighted by Gasteiger charge is -2.07. The number of hydrogen-bond donors (Lipinski definition) is 0. The van der Waals surface area contributed by atoms with E-state index in [1.165, 1.54) is 10.9 Å². The maximum Gasteiger partial charge on any atom is 0.421 e. The predicted octanol–water partition coefficient (Wildman–Crippen LogP) is 2.72. The first-order valence-electron chi connectivity index (χ1n) is 7.65. The Morgan fingerprint density at radius 2 is 1.96 bits per heavy atom. The van der Waals surface area contributed by atoms with E-state index < -0.39 is 6.09 Å². The van der Waals surface area contributed by atoms with Crippen LogP contribution >= 0.6 is 0 Å². The Balaban J connectivity index is 1.88. The average molecular weight is 326 g/mol. The lowest BCUT2D eigenvalue weighted by Crippen LogP contribution is -2.14. The van der Waals surface area contributed by atoms with Crippen molar-refractivity contribution in [3.63, 3.8) is 0 Å². The quantitative estimate of drug-likeness (QED) is 0.717. The van der Waals surface area contributed by atoms with Crippen molar-refractivity contribution >= 4 is 17.3 Å². The topological polar surface area (TPSA) is 79.1 Å². The van der Waals surface area contributed by atoms with Crippen molar-refractivity contribution in [2.45, 2.75) is 26.6 Å². The van der Waals surface area contributed by atoms with Crippen LogP contribution in [0.4, 0.5) is 4.79 Å². The number of aryl methyl sites for hydroxylation is 1. The van der Waals surface area contributed by atoms with Gasteiger partial charge in [-0.25, -0.2) is 24.3 Å². The largest absolute Gasteiger partial charge is 0.444 e. The minimum absolute atomic E-state index is 0.190. The highest BCUT2D eigenvalue weighted by Gasteiger charge is 2.17. The number of ether oxygens (including phenoxy) is 2. The first-order chi connectivity index (χ1) is 11.7. The summed E-state index contributed by atoms with van der Waals surface area (Å²) in [4.78, 5) is 25.4. The van der Waals surface area contributed by atoms with Crippen molar-refractivity contribution in [3.05, 3.63) is 53.7 Å². The van der Waals surface area contributed by atoms with Gasteiger partial charge in [0.15, 0.2) is 5.65 Å². The molecule has 3 aromatic rings. The molecular formula is C17H18N4O3. The van der Waals surface area contributed by atoms with E-state index in [0.29, 0.717) is 35.7 Å². The molecule has 1 aromatic carbocycles. The molecule has 2 heterocycles. The Bertz CT molecular complexity index is 846. The maximum atomic E-state index is 12.4. The number of rotatable bonds is 5. The Hall–Kier alpha value is -2.80. The zero-order valence-corrected chi connectivity index (χ0v) is 13.6. The summed E-state index contributed by atoms with van der Waals surface area (Å²) in [6, 6.07) is 9.50. The molecule has 7 heteroatoms. The third-order valence-corrected chi connectivity index (χ3v) is 3.51. The van der Waals surface area contributed by atoms with Gasteiger partial charge >= 0.3 is 6.09 Å². The van der Waals surface area contributed by atoms with Crippen LogP contribution in [-0.2, 0) is 29.1 Å². The Morgan fingerprint density at radius 3 is 2.67 bits per heavy atom. The van der Waals surface area contributed by atoms with Crippen LogP contribution in [0.25, 0.3) is 11.2 Å². The van der Waals surface area contributed by atoms with E-state index in [4.69, 9.17) is 9.47 Å². The summed E-state index contributed by atoms with van der Waals surface area (Å²) in [6.07, 6.45) is 1.53. The predicted molar refractivity (Wildman–Crippen MR) is 87.4 cm³/mol. The van der Waals surface area contributed by atoms with Gasteiger partial charge in [-0.2, -0.15) is 0 Å². The average Bonchev–Trinajstić information content (AvgIpc) is 3.05. The zero-order chi connectivity index (χ0) is 16.9. The molecule has 7 nitrogen and oxygen atoms in total. The van der Waals surface area contributed by atoms with Crippen LogP contribution in [0.2, 0.25) is 0 Å². The third kappa shape index (κ3) is 3.26. The third-order valence-electron chi connectivity index (χ3n) is 3.51. The summed E-state index contributed by atoms with van der Waals surface area (Å²) >= 11 is 0. The standard InChI is InChI=1S/C17H18N4O3/c1-3-14-19-13(10-23-2)15-16(20-14)21(11-18-15)17(22)24-9-12-7-5-4-6-8-12/h4-8,11H,3,9-10H2,1-2H3. The number of nitrogens with zero attached hydrogens (tertiary/aromatic N) is 4. The molecule has 2 aromatic heterocycles. The lowest BCUT2D eigenvalue weighted by atomic mass is 10.2. The fourth-order valence-corrected chi connectivity index (χ4v) is 2.33. The Morgan fingerprint density at radius 1 is 1.17 bits per heavy atom. The van der Waals surface area contributed by atoms with Gasteiger partial charge in [0.25, 0.3) is 0 Å². The van der Waals surface area contributed by atoms with Gasteiger partial charge < -0.3 is 9.47 Å². The molecular weight excluding hydrogens is 308 g/mol. The summed E-state index contributed by atoms with van der Waals surface area (Å²) in [5, 5.41) is 0. The summed E-state index contributed by atoms with van der Waals surface area (Å²) in [5.41, 5.74) is 2.56. The number of fused-ring (bicyclic) bond motifs is 1. The highest BCUT2D eigenvalue weighted by molar-refractivity contribution is 5.84. The lowest BCUT2D eigenvalue weighted by molar-refractivity contribution is 0.142. The molecule has 124 valence electrons. The maximum absolute atomic E-state index is 12.4. The molecule has 24 heavy (non-hydrogen) atoms. The second-order valence-corrected chi connectivity index (χ2v) is 5.20. The highest BCUT2D eigenvalue weighted by atomic mass is 16.5. The van der Waals surface area contributed by atoms with Gasteiger partial charge in [-0.3, -0.25) is 0 Å². The number of carbonyl (C=O) groups is 1. The molecule has 0 atom stereocenters. The number of carbonyl (C=O) groups excluding carboxylic acids is 1. The fourth-order valence-electron chi connectivity index (χ4n) is 2.33. The van der Waals surface area contributed by atoms with E-state index in [1.54, 1.807) is 7.11 Å². The van der Waals surface area contributed by atoms with Crippen LogP contribution in [-0.4, -0.2) is 32.7 Å². The van der Waals surface area contributed by atoms with E-state index >= 15 is 0 Å². The minimum atomic E-state index is -0.523. The molecule has 0 aliphatic rings. The number of benzene rings is 1. The van der Waals surface area contributed by atoms with E-state index in [1.807, 2.05) is 37.3 Å². The van der Waals surface area contributed by atoms with E-state index in [0.717, 1.165) is 5.56 Å². The van der Waals surface area contributed by atoms with Crippen molar-refractivity contribution in [2.75, 3.05) is 7.11 Å². The van der Waals surface area contributed by atoms with E-state index in [9.17, 15) is 4.79 Å². The van der Waals surface area contributed by atoms with Crippen LogP contribution in [0.5, 0.6) is 0 Å². The summed E-state index contributed by atoms with van der Waals surface area (Å²) in [6.45, 7) is 2.45. The second-order valence-electron chi connectivity index (χ2n) is 5.20. The molecule has 0 fully saturated rings. The number of hydrogen-bond acceptors (Lipinski definition) is 6. The molecule has 0 saturated heterocycles. The van der Waals surface area contributed by atoms with Crippen LogP contribution in [0.15, 0.2) is 36.7 Å². The smallest absolute Gasteiger partial charge is 0.421 e. The monoisotopic (exact) mass is 326 g/mol. The van der Waals surface area contributed by atoms with Gasteiger partial charge in [0, 0.05) is 13.5 Å². The summed E-state index contributed by atoms with van der Waals surface area (Å²) in [5.74, 6) is 0.632. The van der Waals surface area contributed by atoms with Crippen molar-refractivity contribution in [2.24, 2.45) is 0 Å². The normalized spacial score (nSPS) is 10.9. The number of aromatic nitrogens is 4. The SMILES string of the molecule is CCc1nc(COC)c2ncn(C(=O)OCc3ccccc3)c2n1. The minimum Gasteiger partial charge on any atom is -0.444 e. The van der Waals surface area contributed by atoms with Gasteiger partial charge in [0.2, 0.25) is 0 Å². The van der Waals surface area contributed by atoms with Crippen LogP contribution in [0.3, 0.4) is 0 Å². The highest BCUT2D eigenvalue weighted by Crippen LogP contribution is 2.16. The van der Waals surface area contributed by atoms with Crippen LogP contribution in [0.1, 0.15) is 24.0 Å². The molecule has 0 amide bonds. The molecule has 0 aliphatic heterocycles. The molecule has 0 aliphatic carbocycles. The molecule has 0 bridgehead atoms. The fraction of sp³-hybridized carbons (Fsp3) is 0.294. The molecule has 0 saturated carbocycles. The Labute approximate surface area is 139 Å². The molecule has 0 radical (unpaired) electrons. The first-order valence-corrected chi connectivity index (χ1v) is 7.65. The number of methoxy groups -OCH3 is 1. The zero-order valence-electron chi connectivity index (χ0n) is 13.6. The molecule has 0 spiro atoms. The number of imidazole rings is 1. The van der Waals surface area contributed by atoms with Gasteiger partial charge in [-0.15, -0.1) is 0 Å². The van der Waals surface area contributed by atoms with Gasteiger partial charge in [-0.05, 0) is 5.56 Å². The summed E-state index contributed by atoms with van der Waals surface area (Å²) in [7, 11) is 1.59. The first kappa shape index (κ1) is 16.1. The van der Waals surface area contributed by atoms with Crippen molar-refractivity contribution in [1.82, 2.24) is 19.5 Å².